The van der Waals surface area contributed by atoms with Crippen molar-refractivity contribution in [1.82, 2.24) is 10.2 Å². The molecule has 1 amide bonds. The Labute approximate surface area is 138 Å². The highest BCUT2D eigenvalue weighted by Crippen LogP contribution is 2.16. The fraction of sp³-hybridized carbons (Fsp3) is 0.588. The van der Waals surface area contributed by atoms with E-state index < -0.39 is 0 Å². The van der Waals surface area contributed by atoms with Crippen LogP contribution in [0, 0.1) is 11.7 Å². The summed E-state index contributed by atoms with van der Waals surface area (Å²) < 4.78 is 13.0. The minimum absolute atomic E-state index is 0. The standard InChI is InChI=1S/C17H25FN2O.ClH/c1-2-3-4-11-20(17(21)15-9-10-19-12-15)13-14-5-7-16(18)8-6-14;/h5-8,15,19H,2-4,9-13H2,1H3;1H. The third-order valence-corrected chi connectivity index (χ3v) is 4.04. The Bertz CT molecular complexity index is 446. The highest BCUT2D eigenvalue weighted by Gasteiger charge is 2.26. The van der Waals surface area contributed by atoms with Gasteiger partial charge in [0.05, 0.1) is 5.92 Å². The molecule has 1 saturated heterocycles. The third-order valence-electron chi connectivity index (χ3n) is 4.04. The molecular formula is C17H26ClFN2O. The lowest BCUT2D eigenvalue weighted by Gasteiger charge is -2.25. The number of carbonyl (C=O) groups excluding carboxylic acids is 1. The van der Waals surface area contributed by atoms with Gasteiger partial charge < -0.3 is 10.2 Å². The van der Waals surface area contributed by atoms with Crippen LogP contribution in [0.1, 0.15) is 38.2 Å². The van der Waals surface area contributed by atoms with E-state index in [4.69, 9.17) is 0 Å². The molecule has 3 nitrogen and oxygen atoms in total. The number of carbonyl (C=O) groups is 1. The van der Waals surface area contributed by atoms with Crippen molar-refractivity contribution in [3.8, 4) is 0 Å². The molecule has 1 N–H and O–H groups in total. The summed E-state index contributed by atoms with van der Waals surface area (Å²) in [6.45, 7) is 5.25. The van der Waals surface area contributed by atoms with Crippen molar-refractivity contribution in [1.29, 1.82) is 0 Å². The highest BCUT2D eigenvalue weighted by atomic mass is 35.5. The molecule has 0 bridgehead atoms. The number of benzene rings is 1. The number of rotatable bonds is 7. The summed E-state index contributed by atoms with van der Waals surface area (Å²) in [4.78, 5) is 14.6. The van der Waals surface area contributed by atoms with E-state index in [2.05, 4.69) is 12.2 Å². The SMILES string of the molecule is CCCCCN(Cc1ccc(F)cc1)C(=O)C1CCNC1.Cl. The van der Waals surface area contributed by atoms with Crippen LogP contribution in [0.5, 0.6) is 0 Å². The first-order chi connectivity index (χ1) is 10.2. The van der Waals surface area contributed by atoms with E-state index in [0.717, 1.165) is 50.9 Å². The molecule has 0 saturated carbocycles. The molecule has 22 heavy (non-hydrogen) atoms. The van der Waals surface area contributed by atoms with E-state index in [9.17, 15) is 9.18 Å². The fourth-order valence-corrected chi connectivity index (χ4v) is 2.75. The lowest BCUT2D eigenvalue weighted by Crippen LogP contribution is -2.37. The van der Waals surface area contributed by atoms with Crippen LogP contribution in [0.4, 0.5) is 4.39 Å². The maximum atomic E-state index is 13.0. The quantitative estimate of drug-likeness (QED) is 0.778. The summed E-state index contributed by atoms with van der Waals surface area (Å²) in [6, 6.07) is 6.45. The average Bonchev–Trinajstić information content (AvgIpc) is 3.02. The molecule has 5 heteroatoms. The topological polar surface area (TPSA) is 32.3 Å². The molecule has 0 aliphatic carbocycles. The average molecular weight is 329 g/mol. The van der Waals surface area contributed by atoms with E-state index >= 15 is 0 Å². The summed E-state index contributed by atoms with van der Waals surface area (Å²) in [5, 5.41) is 3.25. The van der Waals surface area contributed by atoms with Crippen molar-refractivity contribution in [2.75, 3.05) is 19.6 Å². The predicted molar refractivity (Wildman–Crippen MR) is 89.6 cm³/mol. The fourth-order valence-electron chi connectivity index (χ4n) is 2.75. The van der Waals surface area contributed by atoms with E-state index in [1.165, 1.54) is 12.1 Å². The summed E-state index contributed by atoms with van der Waals surface area (Å²) >= 11 is 0. The van der Waals surface area contributed by atoms with Crippen molar-refractivity contribution in [3.63, 3.8) is 0 Å². The van der Waals surface area contributed by atoms with Crippen molar-refractivity contribution in [3.05, 3.63) is 35.6 Å². The van der Waals surface area contributed by atoms with E-state index in [-0.39, 0.29) is 30.0 Å². The predicted octanol–water partition coefficient (Wildman–Crippen LogP) is 3.38. The zero-order valence-electron chi connectivity index (χ0n) is 13.2. The first kappa shape index (κ1) is 18.9. The number of unbranched alkanes of at least 4 members (excludes halogenated alkanes) is 2. The maximum absolute atomic E-state index is 13.0. The van der Waals surface area contributed by atoms with Gasteiger partial charge >= 0.3 is 0 Å². The number of hydrogen-bond acceptors (Lipinski definition) is 2. The van der Waals surface area contributed by atoms with Crippen LogP contribution in [0.3, 0.4) is 0 Å². The largest absolute Gasteiger partial charge is 0.338 e. The number of nitrogens with zero attached hydrogens (tertiary/aromatic N) is 1. The monoisotopic (exact) mass is 328 g/mol. The summed E-state index contributed by atoms with van der Waals surface area (Å²) in [7, 11) is 0. The van der Waals surface area contributed by atoms with Crippen molar-refractivity contribution < 1.29 is 9.18 Å². The van der Waals surface area contributed by atoms with Gasteiger partial charge in [0.2, 0.25) is 5.91 Å². The number of amides is 1. The van der Waals surface area contributed by atoms with Gasteiger partial charge in [-0.05, 0) is 37.1 Å². The maximum Gasteiger partial charge on any atom is 0.227 e. The second-order valence-electron chi connectivity index (χ2n) is 5.78. The Morgan fingerprint density at radius 3 is 2.64 bits per heavy atom. The van der Waals surface area contributed by atoms with Crippen LogP contribution < -0.4 is 5.32 Å². The van der Waals surface area contributed by atoms with Gasteiger partial charge in [-0.3, -0.25) is 4.79 Å². The second kappa shape index (κ2) is 9.80. The van der Waals surface area contributed by atoms with E-state index in [1.807, 2.05) is 4.90 Å². The van der Waals surface area contributed by atoms with E-state index in [0.29, 0.717) is 6.54 Å². The highest BCUT2D eigenvalue weighted by molar-refractivity contribution is 5.85. The lowest BCUT2D eigenvalue weighted by molar-refractivity contribution is -0.135. The van der Waals surface area contributed by atoms with Gasteiger partial charge in [0.25, 0.3) is 0 Å². The van der Waals surface area contributed by atoms with Crippen molar-refractivity contribution in [2.45, 2.75) is 39.2 Å². The van der Waals surface area contributed by atoms with Gasteiger partial charge in [-0.15, -0.1) is 12.4 Å². The number of nitrogens with one attached hydrogen (secondary N) is 1. The number of hydrogen-bond donors (Lipinski definition) is 1. The van der Waals surface area contributed by atoms with Gasteiger partial charge in [0.1, 0.15) is 5.82 Å². The third kappa shape index (κ3) is 5.58. The molecule has 0 spiro atoms. The molecule has 1 fully saturated rings. The number of halogens is 2. The first-order valence-electron chi connectivity index (χ1n) is 7.94. The normalized spacial score (nSPS) is 17.1. The van der Waals surface area contributed by atoms with Gasteiger partial charge in [0.15, 0.2) is 0 Å². The van der Waals surface area contributed by atoms with Gasteiger partial charge in [-0.2, -0.15) is 0 Å². The molecule has 1 aliphatic heterocycles. The smallest absolute Gasteiger partial charge is 0.227 e. The summed E-state index contributed by atoms with van der Waals surface area (Å²) in [5.41, 5.74) is 0.993. The van der Waals surface area contributed by atoms with Gasteiger partial charge in [0, 0.05) is 19.6 Å². The van der Waals surface area contributed by atoms with Crippen LogP contribution in [-0.4, -0.2) is 30.4 Å². The molecule has 1 aromatic rings. The minimum atomic E-state index is -0.234. The molecule has 1 aliphatic rings. The van der Waals surface area contributed by atoms with Crippen molar-refractivity contribution >= 4 is 18.3 Å². The molecule has 1 aromatic carbocycles. The molecular weight excluding hydrogens is 303 g/mol. The zero-order valence-corrected chi connectivity index (χ0v) is 14.0. The van der Waals surface area contributed by atoms with Gasteiger partial charge in [-0.25, -0.2) is 4.39 Å². The van der Waals surface area contributed by atoms with Crippen LogP contribution in [0.2, 0.25) is 0 Å². The van der Waals surface area contributed by atoms with Crippen molar-refractivity contribution in [2.24, 2.45) is 5.92 Å². The lowest BCUT2D eigenvalue weighted by atomic mass is 10.1. The Kier molecular flexibility index (Phi) is 8.43. The Hall–Kier alpha value is -1.13. The van der Waals surface area contributed by atoms with E-state index in [1.54, 1.807) is 12.1 Å². The molecule has 1 unspecified atom stereocenters. The second-order valence-corrected chi connectivity index (χ2v) is 5.78. The molecule has 2 rings (SSSR count). The molecule has 0 aromatic heterocycles. The van der Waals surface area contributed by atoms with Crippen LogP contribution in [0.15, 0.2) is 24.3 Å². The Morgan fingerprint density at radius 2 is 2.05 bits per heavy atom. The molecule has 124 valence electrons. The molecule has 1 atom stereocenters. The van der Waals surface area contributed by atoms with Crippen LogP contribution in [0.25, 0.3) is 0 Å². The zero-order chi connectivity index (χ0) is 15.1. The minimum Gasteiger partial charge on any atom is -0.338 e. The van der Waals surface area contributed by atoms with Gasteiger partial charge in [-0.1, -0.05) is 31.9 Å². The molecule has 0 radical (unpaired) electrons. The Morgan fingerprint density at radius 1 is 1.32 bits per heavy atom. The summed E-state index contributed by atoms with van der Waals surface area (Å²) in [5.74, 6) is 0.107. The van der Waals surface area contributed by atoms with Crippen LogP contribution in [-0.2, 0) is 11.3 Å². The summed E-state index contributed by atoms with van der Waals surface area (Å²) in [6.07, 6.45) is 4.23. The van der Waals surface area contributed by atoms with Crippen LogP contribution >= 0.6 is 12.4 Å². The molecule has 1 heterocycles. The first-order valence-corrected chi connectivity index (χ1v) is 7.94. The Balaban J connectivity index is 0.00000242.